The molecule has 1 saturated heterocycles. The van der Waals surface area contributed by atoms with Gasteiger partial charge in [0.1, 0.15) is 5.75 Å². The fourth-order valence-corrected chi connectivity index (χ4v) is 3.09. The summed E-state index contributed by atoms with van der Waals surface area (Å²) in [5.41, 5.74) is 1.12. The van der Waals surface area contributed by atoms with Gasteiger partial charge in [-0.25, -0.2) is 4.79 Å². The summed E-state index contributed by atoms with van der Waals surface area (Å²) >= 11 is 5.10. The zero-order valence-electron chi connectivity index (χ0n) is 15.1. The first-order valence-corrected chi connectivity index (χ1v) is 9.05. The van der Waals surface area contributed by atoms with Gasteiger partial charge in [-0.3, -0.25) is 19.5 Å². The maximum Gasteiger partial charge on any atom is 0.328 e. The first-order chi connectivity index (χ1) is 13.9. The number of hydrogen-bond acceptors (Lipinski definition) is 6. The monoisotopic (exact) mass is 411 g/mol. The van der Waals surface area contributed by atoms with Gasteiger partial charge in [0.05, 0.1) is 5.69 Å². The molecular formula is C20H17N3O5S. The highest BCUT2D eigenvalue weighted by atomic mass is 32.1. The van der Waals surface area contributed by atoms with Crippen LogP contribution < -0.4 is 10.2 Å². The predicted octanol–water partition coefficient (Wildman–Crippen LogP) is 1.52. The number of carbonyl (C=O) groups excluding carboxylic acids is 2. The summed E-state index contributed by atoms with van der Waals surface area (Å²) < 4.78 is 0. The molecule has 9 heteroatoms. The van der Waals surface area contributed by atoms with Gasteiger partial charge in [0, 0.05) is 12.6 Å². The van der Waals surface area contributed by atoms with E-state index in [4.69, 9.17) is 12.2 Å². The maximum atomic E-state index is 12.8. The molecule has 2 amide bonds. The van der Waals surface area contributed by atoms with Gasteiger partial charge in [-0.05, 0) is 42.0 Å². The number of nitrogens with zero attached hydrogens (tertiary/aromatic N) is 2. The number of aromatic hydroxyl groups is 1. The Morgan fingerprint density at radius 1 is 1.17 bits per heavy atom. The Hall–Kier alpha value is -3.59. The topological polar surface area (TPSA) is 119 Å². The van der Waals surface area contributed by atoms with Crippen molar-refractivity contribution in [2.75, 3.05) is 4.90 Å². The number of aliphatic imine (C=N–C) groups is 1. The molecular weight excluding hydrogens is 394 g/mol. The summed E-state index contributed by atoms with van der Waals surface area (Å²) in [6, 6.07) is 13.4. The number of amides is 2. The fourth-order valence-electron chi connectivity index (χ4n) is 2.79. The largest absolute Gasteiger partial charge is 0.508 e. The quantitative estimate of drug-likeness (QED) is 0.377. The number of rotatable bonds is 6. The van der Waals surface area contributed by atoms with E-state index in [1.807, 2.05) is 0 Å². The van der Waals surface area contributed by atoms with Crippen molar-refractivity contribution in [3.8, 4) is 5.75 Å². The molecule has 8 nitrogen and oxygen atoms in total. The Morgan fingerprint density at radius 2 is 1.83 bits per heavy atom. The second kappa shape index (κ2) is 8.61. The van der Waals surface area contributed by atoms with Crippen LogP contribution >= 0.6 is 12.2 Å². The van der Waals surface area contributed by atoms with Crippen LogP contribution in [0.3, 0.4) is 0 Å². The highest BCUT2D eigenvalue weighted by Crippen LogP contribution is 2.20. The summed E-state index contributed by atoms with van der Waals surface area (Å²) in [4.78, 5) is 41.8. The Labute approximate surface area is 171 Å². The van der Waals surface area contributed by atoms with Crippen LogP contribution in [0.15, 0.2) is 59.6 Å². The van der Waals surface area contributed by atoms with Gasteiger partial charge in [0.15, 0.2) is 17.1 Å². The number of carboxylic acids is 1. The van der Waals surface area contributed by atoms with Gasteiger partial charge in [-0.1, -0.05) is 30.3 Å². The number of carbonyl (C=O) groups is 3. The zero-order chi connectivity index (χ0) is 21.0. The summed E-state index contributed by atoms with van der Waals surface area (Å²) in [7, 11) is 0. The van der Waals surface area contributed by atoms with Crippen molar-refractivity contribution in [2.24, 2.45) is 10.9 Å². The van der Waals surface area contributed by atoms with Crippen LogP contribution in [-0.4, -0.2) is 45.4 Å². The van der Waals surface area contributed by atoms with Crippen molar-refractivity contribution in [1.82, 2.24) is 5.32 Å². The third kappa shape index (κ3) is 4.64. The van der Waals surface area contributed by atoms with Crippen LogP contribution in [-0.2, 0) is 20.8 Å². The minimum atomic E-state index is -1.30. The van der Waals surface area contributed by atoms with Crippen LogP contribution in [0.4, 0.5) is 5.69 Å². The lowest BCUT2D eigenvalue weighted by atomic mass is 10.0. The third-order valence-electron chi connectivity index (χ3n) is 4.28. The Kier molecular flexibility index (Phi) is 5.99. The Balaban J connectivity index is 1.81. The van der Waals surface area contributed by atoms with Crippen LogP contribution in [0.5, 0.6) is 5.75 Å². The van der Waals surface area contributed by atoms with E-state index in [0.29, 0.717) is 11.3 Å². The van der Waals surface area contributed by atoms with Crippen LogP contribution in [0.25, 0.3) is 0 Å². The minimum absolute atomic E-state index is 0.0372. The minimum Gasteiger partial charge on any atom is -0.508 e. The molecule has 0 radical (unpaired) electrons. The normalized spacial score (nSPS) is 18.0. The van der Waals surface area contributed by atoms with E-state index < -0.39 is 29.7 Å². The van der Waals surface area contributed by atoms with Crippen LogP contribution in [0.2, 0.25) is 0 Å². The molecule has 0 bridgehead atoms. The molecule has 3 N–H and O–H groups in total. The third-order valence-corrected chi connectivity index (χ3v) is 4.57. The smallest absolute Gasteiger partial charge is 0.328 e. The van der Waals surface area contributed by atoms with E-state index in [2.05, 4.69) is 10.3 Å². The Morgan fingerprint density at radius 3 is 2.45 bits per heavy atom. The number of phenolic OH excluding ortho intramolecular Hbond substituents is 1. The first-order valence-electron chi connectivity index (χ1n) is 8.64. The number of carboxylic acid groups (broad SMARTS) is 1. The molecule has 2 atom stereocenters. The second-order valence-corrected chi connectivity index (χ2v) is 6.69. The zero-order valence-corrected chi connectivity index (χ0v) is 15.9. The van der Waals surface area contributed by atoms with Crippen LogP contribution in [0, 0.1) is 5.92 Å². The number of anilines is 1. The maximum absolute atomic E-state index is 12.8. The SMILES string of the molecule is O=C1NC(=S)N(c2ccccc2)C(=O)[C@H]1C=N[C@@H](Cc1ccc(O)cc1)C(=O)O. The van der Waals surface area contributed by atoms with E-state index in [1.54, 1.807) is 42.5 Å². The lowest BCUT2D eigenvalue weighted by molar-refractivity contribution is -0.138. The molecule has 1 fully saturated rings. The van der Waals surface area contributed by atoms with Gasteiger partial charge >= 0.3 is 5.97 Å². The van der Waals surface area contributed by atoms with Crippen LogP contribution in [0.1, 0.15) is 5.56 Å². The average Bonchev–Trinajstić information content (AvgIpc) is 2.68. The number of phenols is 1. The van der Waals surface area contributed by atoms with Gasteiger partial charge in [0.2, 0.25) is 5.91 Å². The molecule has 3 rings (SSSR count). The molecule has 148 valence electrons. The lowest BCUT2D eigenvalue weighted by Gasteiger charge is -2.31. The predicted molar refractivity (Wildman–Crippen MR) is 110 cm³/mol. The molecule has 2 aromatic carbocycles. The molecule has 29 heavy (non-hydrogen) atoms. The van der Waals surface area contributed by atoms with E-state index in [-0.39, 0.29) is 17.3 Å². The number of thiocarbonyl (C=S) groups is 1. The number of hydrogen-bond donors (Lipinski definition) is 3. The second-order valence-electron chi connectivity index (χ2n) is 6.30. The number of para-hydroxylation sites is 1. The van der Waals surface area contributed by atoms with Gasteiger partial charge < -0.3 is 15.5 Å². The Bertz CT molecular complexity index is 975. The molecule has 0 aromatic heterocycles. The molecule has 0 aliphatic carbocycles. The highest BCUT2D eigenvalue weighted by Gasteiger charge is 2.38. The van der Waals surface area contributed by atoms with Gasteiger partial charge in [0.25, 0.3) is 5.91 Å². The van der Waals surface area contributed by atoms with Crippen molar-refractivity contribution >= 4 is 47.0 Å². The molecule has 1 aliphatic heterocycles. The number of benzene rings is 2. The van der Waals surface area contributed by atoms with E-state index in [1.165, 1.54) is 17.0 Å². The van der Waals surface area contributed by atoms with E-state index >= 15 is 0 Å². The summed E-state index contributed by atoms with van der Waals surface area (Å²) in [5.74, 6) is -3.71. The van der Waals surface area contributed by atoms with Gasteiger partial charge in [-0.2, -0.15) is 0 Å². The lowest BCUT2D eigenvalue weighted by Crippen LogP contribution is -2.58. The molecule has 0 spiro atoms. The average molecular weight is 411 g/mol. The van der Waals surface area contributed by atoms with Crippen molar-refractivity contribution in [1.29, 1.82) is 0 Å². The van der Waals surface area contributed by atoms with Crippen molar-refractivity contribution in [3.63, 3.8) is 0 Å². The highest BCUT2D eigenvalue weighted by molar-refractivity contribution is 7.80. The standard InChI is InChI=1S/C20H17N3O5S/c24-14-8-6-12(7-9-14)10-16(19(27)28)21-11-15-17(25)22-20(29)23(18(15)26)13-4-2-1-3-5-13/h1-9,11,15-16,24H,10H2,(H,27,28)(H,22,25,29)/t15-,16-/m0/s1. The summed E-state index contributed by atoms with van der Waals surface area (Å²) in [6.07, 6.45) is 1.09. The molecule has 0 saturated carbocycles. The summed E-state index contributed by atoms with van der Waals surface area (Å²) in [5, 5.41) is 21.2. The van der Waals surface area contributed by atoms with E-state index in [9.17, 15) is 24.6 Å². The fraction of sp³-hybridized carbons (Fsp3) is 0.150. The molecule has 0 unspecified atom stereocenters. The first kappa shape index (κ1) is 20.2. The summed E-state index contributed by atoms with van der Waals surface area (Å²) in [6.45, 7) is 0. The molecule has 1 heterocycles. The molecule has 1 aliphatic rings. The van der Waals surface area contributed by atoms with Crippen molar-refractivity contribution in [3.05, 3.63) is 60.2 Å². The van der Waals surface area contributed by atoms with Gasteiger partial charge in [-0.15, -0.1) is 0 Å². The van der Waals surface area contributed by atoms with E-state index in [0.717, 1.165) is 6.21 Å². The van der Waals surface area contributed by atoms with Crippen molar-refractivity contribution in [2.45, 2.75) is 12.5 Å². The van der Waals surface area contributed by atoms with Crippen molar-refractivity contribution < 1.29 is 24.6 Å². The molecule has 2 aromatic rings. The number of aliphatic carboxylic acids is 1. The number of nitrogens with one attached hydrogen (secondary N) is 1.